The first-order chi connectivity index (χ1) is 12.0. The van der Waals surface area contributed by atoms with Crippen LogP contribution in [0.2, 0.25) is 5.02 Å². The third-order valence-corrected chi connectivity index (χ3v) is 3.49. The molecule has 0 aliphatic rings. The van der Waals surface area contributed by atoms with Gasteiger partial charge in [0.05, 0.1) is 12.3 Å². The number of carbonyl (C=O) groups is 2. The Balaban J connectivity index is 2.07. The van der Waals surface area contributed by atoms with Crippen LogP contribution < -0.4 is 10.7 Å². The van der Waals surface area contributed by atoms with Crippen molar-refractivity contribution in [3.8, 4) is 0 Å². The van der Waals surface area contributed by atoms with Gasteiger partial charge in [0.25, 0.3) is 5.91 Å². The number of nitrogens with zero attached hydrogens (tertiary/aromatic N) is 1. The first-order valence-corrected chi connectivity index (χ1v) is 8.02. The SMILES string of the molecule is CCOC(=O)N/N=C(/C)c1cccc(NC(=O)c2ccc(Cl)cc2)c1. The Hall–Kier alpha value is -2.86. The van der Waals surface area contributed by atoms with Crippen LogP contribution in [0.3, 0.4) is 0 Å². The van der Waals surface area contributed by atoms with Crippen molar-refractivity contribution in [2.75, 3.05) is 11.9 Å². The molecule has 0 bridgehead atoms. The fraction of sp³-hybridized carbons (Fsp3) is 0.167. The Morgan fingerprint density at radius 1 is 1.12 bits per heavy atom. The Labute approximate surface area is 150 Å². The highest BCUT2D eigenvalue weighted by atomic mass is 35.5. The minimum absolute atomic E-state index is 0.243. The minimum Gasteiger partial charge on any atom is -0.449 e. The molecule has 2 rings (SSSR count). The average Bonchev–Trinajstić information content (AvgIpc) is 2.60. The van der Waals surface area contributed by atoms with Gasteiger partial charge < -0.3 is 10.1 Å². The summed E-state index contributed by atoms with van der Waals surface area (Å²) in [6, 6.07) is 13.8. The molecule has 0 aliphatic carbocycles. The number of halogens is 1. The molecule has 0 aliphatic heterocycles. The molecule has 0 radical (unpaired) electrons. The number of rotatable bonds is 5. The summed E-state index contributed by atoms with van der Waals surface area (Å²) < 4.78 is 4.74. The summed E-state index contributed by atoms with van der Waals surface area (Å²) in [6.45, 7) is 3.72. The van der Waals surface area contributed by atoms with E-state index in [0.29, 0.717) is 22.0 Å². The van der Waals surface area contributed by atoms with Crippen molar-refractivity contribution in [2.45, 2.75) is 13.8 Å². The van der Waals surface area contributed by atoms with Crippen molar-refractivity contribution in [1.29, 1.82) is 0 Å². The lowest BCUT2D eigenvalue weighted by Gasteiger charge is -2.08. The zero-order valence-corrected chi connectivity index (χ0v) is 14.6. The smallest absolute Gasteiger partial charge is 0.427 e. The van der Waals surface area contributed by atoms with E-state index in [-0.39, 0.29) is 12.5 Å². The van der Waals surface area contributed by atoms with E-state index in [4.69, 9.17) is 16.3 Å². The quantitative estimate of drug-likeness (QED) is 0.624. The first-order valence-electron chi connectivity index (χ1n) is 7.64. The third-order valence-electron chi connectivity index (χ3n) is 3.23. The molecule has 0 saturated heterocycles. The van der Waals surface area contributed by atoms with Gasteiger partial charge in [-0.05, 0) is 55.8 Å². The lowest BCUT2D eigenvalue weighted by molar-refractivity contribution is 0.102. The molecule has 7 heteroatoms. The predicted octanol–water partition coefficient (Wildman–Crippen LogP) is 4.06. The van der Waals surface area contributed by atoms with Gasteiger partial charge in [-0.3, -0.25) is 4.79 Å². The fourth-order valence-electron chi connectivity index (χ4n) is 1.98. The number of hydrazone groups is 1. The predicted molar refractivity (Wildman–Crippen MR) is 98.2 cm³/mol. The molecule has 2 amide bonds. The van der Waals surface area contributed by atoms with E-state index in [0.717, 1.165) is 5.56 Å². The van der Waals surface area contributed by atoms with Crippen LogP contribution in [0.15, 0.2) is 53.6 Å². The Kier molecular flexibility index (Phi) is 6.54. The molecule has 130 valence electrons. The van der Waals surface area contributed by atoms with Crippen LogP contribution in [-0.4, -0.2) is 24.3 Å². The summed E-state index contributed by atoms with van der Waals surface area (Å²) >= 11 is 5.82. The normalized spacial score (nSPS) is 10.9. The largest absolute Gasteiger partial charge is 0.449 e. The standard InChI is InChI=1S/C18H18ClN3O3/c1-3-25-18(24)22-21-12(2)14-5-4-6-16(11-14)20-17(23)13-7-9-15(19)10-8-13/h4-11H,3H2,1-2H3,(H,20,23)(H,22,24)/b21-12-. The maximum Gasteiger partial charge on any atom is 0.427 e. The number of hydrogen-bond donors (Lipinski definition) is 2. The van der Waals surface area contributed by atoms with Gasteiger partial charge >= 0.3 is 6.09 Å². The topological polar surface area (TPSA) is 79.8 Å². The van der Waals surface area contributed by atoms with E-state index >= 15 is 0 Å². The zero-order chi connectivity index (χ0) is 18.2. The number of nitrogens with one attached hydrogen (secondary N) is 2. The summed E-state index contributed by atoms with van der Waals surface area (Å²) in [5.41, 5.74) is 4.75. The Morgan fingerprint density at radius 3 is 2.52 bits per heavy atom. The average molecular weight is 360 g/mol. The van der Waals surface area contributed by atoms with E-state index in [1.165, 1.54) is 0 Å². The summed E-state index contributed by atoms with van der Waals surface area (Å²) in [5.74, 6) is -0.243. The molecule has 6 nitrogen and oxygen atoms in total. The van der Waals surface area contributed by atoms with E-state index in [2.05, 4.69) is 15.8 Å². The van der Waals surface area contributed by atoms with Gasteiger partial charge in [-0.2, -0.15) is 5.10 Å². The molecule has 0 aromatic heterocycles. The number of amides is 2. The maximum atomic E-state index is 12.2. The lowest BCUT2D eigenvalue weighted by atomic mass is 10.1. The fourth-order valence-corrected chi connectivity index (χ4v) is 2.11. The van der Waals surface area contributed by atoms with E-state index in [1.807, 2.05) is 6.07 Å². The molecule has 2 N–H and O–H groups in total. The van der Waals surface area contributed by atoms with Crippen molar-refractivity contribution in [2.24, 2.45) is 5.10 Å². The highest BCUT2D eigenvalue weighted by molar-refractivity contribution is 6.30. The van der Waals surface area contributed by atoms with Gasteiger partial charge in [0, 0.05) is 16.3 Å². The van der Waals surface area contributed by atoms with E-state index < -0.39 is 6.09 Å². The Bertz CT molecular complexity index is 788. The number of ether oxygens (including phenoxy) is 1. The lowest BCUT2D eigenvalue weighted by Crippen LogP contribution is -2.20. The maximum absolute atomic E-state index is 12.2. The van der Waals surface area contributed by atoms with Gasteiger partial charge in [0.15, 0.2) is 0 Å². The van der Waals surface area contributed by atoms with Gasteiger partial charge in [-0.1, -0.05) is 23.7 Å². The first kappa shape index (κ1) is 18.5. The van der Waals surface area contributed by atoms with Gasteiger partial charge in [0.1, 0.15) is 0 Å². The van der Waals surface area contributed by atoms with Gasteiger partial charge in [-0.25, -0.2) is 10.2 Å². The summed E-state index contributed by atoms with van der Waals surface area (Å²) in [6.07, 6.45) is -0.617. The number of carbonyl (C=O) groups excluding carboxylic acids is 2. The monoisotopic (exact) mass is 359 g/mol. The minimum atomic E-state index is -0.617. The molecular formula is C18H18ClN3O3. The molecule has 2 aromatic carbocycles. The van der Waals surface area contributed by atoms with Crippen LogP contribution in [-0.2, 0) is 4.74 Å². The van der Waals surface area contributed by atoms with Gasteiger partial charge in [0.2, 0.25) is 0 Å². The van der Waals surface area contributed by atoms with Gasteiger partial charge in [-0.15, -0.1) is 0 Å². The molecule has 0 atom stereocenters. The molecule has 2 aromatic rings. The van der Waals surface area contributed by atoms with Crippen molar-refractivity contribution in [3.63, 3.8) is 0 Å². The summed E-state index contributed by atoms with van der Waals surface area (Å²) in [4.78, 5) is 23.5. The number of anilines is 1. The van der Waals surface area contributed by atoms with Crippen LogP contribution >= 0.6 is 11.6 Å². The number of benzene rings is 2. The van der Waals surface area contributed by atoms with Crippen LogP contribution in [0.5, 0.6) is 0 Å². The summed E-state index contributed by atoms with van der Waals surface area (Å²) in [7, 11) is 0. The second-order valence-electron chi connectivity index (χ2n) is 5.07. The number of hydrogen-bond acceptors (Lipinski definition) is 4. The molecule has 0 spiro atoms. The van der Waals surface area contributed by atoms with Crippen LogP contribution in [0.1, 0.15) is 29.8 Å². The van der Waals surface area contributed by atoms with Crippen LogP contribution in [0, 0.1) is 0 Å². The second kappa shape index (κ2) is 8.84. The van der Waals surface area contributed by atoms with Crippen molar-refractivity contribution >= 4 is 35.0 Å². The molecule has 0 heterocycles. The molecule has 0 unspecified atom stereocenters. The van der Waals surface area contributed by atoms with E-state index in [9.17, 15) is 9.59 Å². The zero-order valence-electron chi connectivity index (χ0n) is 13.9. The highest BCUT2D eigenvalue weighted by Crippen LogP contribution is 2.15. The van der Waals surface area contributed by atoms with Crippen molar-refractivity contribution in [3.05, 3.63) is 64.7 Å². The van der Waals surface area contributed by atoms with Crippen molar-refractivity contribution < 1.29 is 14.3 Å². The summed E-state index contributed by atoms with van der Waals surface area (Å²) in [5, 5.41) is 7.34. The Morgan fingerprint density at radius 2 is 1.84 bits per heavy atom. The molecule has 25 heavy (non-hydrogen) atoms. The molecule has 0 fully saturated rings. The van der Waals surface area contributed by atoms with Crippen LogP contribution in [0.25, 0.3) is 0 Å². The third kappa shape index (κ3) is 5.61. The highest BCUT2D eigenvalue weighted by Gasteiger charge is 2.07. The van der Waals surface area contributed by atoms with Crippen molar-refractivity contribution in [1.82, 2.24) is 5.43 Å². The molecular weight excluding hydrogens is 342 g/mol. The van der Waals surface area contributed by atoms with Crippen LogP contribution in [0.4, 0.5) is 10.5 Å². The van der Waals surface area contributed by atoms with E-state index in [1.54, 1.807) is 56.3 Å². The molecule has 0 saturated carbocycles. The second-order valence-corrected chi connectivity index (χ2v) is 5.51.